The maximum Gasteiger partial charge on any atom is 0.474 e. The van der Waals surface area contributed by atoms with Gasteiger partial charge in [0.15, 0.2) is 62.0 Å². The predicted molar refractivity (Wildman–Crippen MR) is 341 cm³/mol. The highest BCUT2D eigenvalue weighted by atomic mass is 31.2. The van der Waals surface area contributed by atoms with Crippen molar-refractivity contribution < 1.29 is 161 Å². The van der Waals surface area contributed by atoms with E-state index in [4.69, 9.17) is 78.4 Å². The summed E-state index contributed by atoms with van der Waals surface area (Å²) in [5.41, 5.74) is 12.5. The van der Waals surface area contributed by atoms with Gasteiger partial charge in [-0.2, -0.15) is 0 Å². The minimum absolute atomic E-state index is 0.424. The summed E-state index contributed by atoms with van der Waals surface area (Å²) in [6.45, 7) is 14.4. The molecule has 39 heteroatoms. The van der Waals surface area contributed by atoms with Crippen LogP contribution < -0.4 is 27.8 Å². The Hall–Kier alpha value is -4.37. The summed E-state index contributed by atoms with van der Waals surface area (Å²) in [5, 5.41) is 137. The van der Waals surface area contributed by atoms with Crippen LogP contribution >= 0.6 is 7.82 Å². The molecule has 0 aromatic rings. The predicted octanol–water partition coefficient (Wildman–Crippen LogP) is -4.14. The van der Waals surface area contributed by atoms with Gasteiger partial charge in [0.25, 0.3) is 0 Å². The number of nitrogens with two attached hydrogens (primary N) is 3. The summed E-state index contributed by atoms with van der Waals surface area (Å²) >= 11 is 0. The quantitative estimate of drug-likeness (QED) is 0.0158. The molecule has 21 N–H and O–H groups in total. The lowest BCUT2D eigenvalue weighted by Crippen LogP contribution is -2.72. The zero-order chi connectivity index (χ0) is 75.9. The van der Waals surface area contributed by atoms with Gasteiger partial charge in [0, 0.05) is 19.3 Å². The third-order valence-corrected chi connectivity index (χ3v) is 19.7. The van der Waals surface area contributed by atoms with Crippen LogP contribution in [-0.4, -0.2) is 293 Å². The van der Waals surface area contributed by atoms with Gasteiger partial charge in [-0.15, -0.1) is 6.58 Å². The number of rotatable bonds is 39. The number of carbonyl (C=O) groups excluding carboxylic acids is 5. The molecule has 6 unspecified atom stereocenters. The number of nitrogens with one attached hydrogen (secondary N) is 2. The summed E-state index contributed by atoms with van der Waals surface area (Å²) in [5.74, 6) is -4.73. The Labute approximate surface area is 584 Å². The summed E-state index contributed by atoms with van der Waals surface area (Å²) in [6.07, 6.45) is -40.0. The van der Waals surface area contributed by atoms with Gasteiger partial charge in [0.1, 0.15) is 90.9 Å². The average Bonchev–Trinajstić information content (AvgIpc) is 0.751. The van der Waals surface area contributed by atoms with Crippen LogP contribution in [0.4, 0.5) is 4.79 Å². The van der Waals surface area contributed by atoms with Crippen LogP contribution in [-0.2, 0) is 89.7 Å². The number of amides is 5. The molecule has 0 aromatic heterocycles. The number of primary amides is 3. The highest BCUT2D eigenvalue weighted by Crippen LogP contribution is 2.49. The van der Waals surface area contributed by atoms with Gasteiger partial charge in [0.2, 0.25) is 23.6 Å². The summed E-state index contributed by atoms with van der Waals surface area (Å²) in [4.78, 5) is 88.0. The van der Waals surface area contributed by atoms with Crippen molar-refractivity contribution in [2.24, 2.45) is 40.4 Å². The Morgan fingerprint density at radius 1 is 0.653 bits per heavy atom. The molecule has 5 fully saturated rings. The zero-order valence-corrected chi connectivity index (χ0v) is 59.0. The number of aliphatic hydroxyl groups is 11. The molecule has 0 radical (unpaired) electrons. The molecule has 38 nitrogen and oxygen atoms in total. The van der Waals surface area contributed by atoms with E-state index in [-0.39, 0.29) is 0 Å². The smallest absolute Gasteiger partial charge is 0.474 e. The molecule has 5 amide bonds. The van der Waals surface area contributed by atoms with E-state index in [1.807, 2.05) is 0 Å². The van der Waals surface area contributed by atoms with Gasteiger partial charge >= 0.3 is 19.9 Å². The van der Waals surface area contributed by atoms with E-state index in [1.165, 1.54) is 32.3 Å². The number of carboxylic acid groups (broad SMARTS) is 1. The average molecular weight is 1480 g/mol. The molecule has 0 saturated carbocycles. The molecule has 5 rings (SSSR count). The van der Waals surface area contributed by atoms with E-state index in [0.29, 0.717) is 30.6 Å². The van der Waals surface area contributed by atoms with Crippen molar-refractivity contribution in [3.8, 4) is 0 Å². The molecule has 5 saturated heterocycles. The summed E-state index contributed by atoms with van der Waals surface area (Å²) < 4.78 is 88.4. The number of hydrogen-bond acceptors (Lipinski definition) is 31. The van der Waals surface area contributed by atoms with Crippen molar-refractivity contribution in [3.05, 3.63) is 12.7 Å². The fourth-order valence-corrected chi connectivity index (χ4v) is 13.5. The minimum Gasteiger partial charge on any atom is -0.479 e. The van der Waals surface area contributed by atoms with Crippen molar-refractivity contribution >= 4 is 43.5 Å². The van der Waals surface area contributed by atoms with Crippen LogP contribution in [0.3, 0.4) is 0 Å². The van der Waals surface area contributed by atoms with Crippen LogP contribution in [0, 0.1) is 23.2 Å². The first kappa shape index (κ1) is 87.3. The van der Waals surface area contributed by atoms with Gasteiger partial charge in [0.05, 0.1) is 38.6 Å². The van der Waals surface area contributed by atoms with Crippen molar-refractivity contribution in [2.45, 2.75) is 292 Å². The number of unbranched alkanes of at least 4 members (excludes halogenated alkanes) is 1. The fraction of sp³-hybridized carbons (Fsp3) is 0.871. The number of carbonyl (C=O) groups is 6. The maximum absolute atomic E-state index is 14.1. The molecule has 0 aliphatic carbocycles. The zero-order valence-electron chi connectivity index (χ0n) is 58.1. The topological polar surface area (TPSA) is 605 Å². The largest absolute Gasteiger partial charge is 0.479 e. The van der Waals surface area contributed by atoms with Crippen molar-refractivity contribution in [1.29, 1.82) is 0 Å². The first-order valence-corrected chi connectivity index (χ1v) is 35.1. The molecule has 101 heavy (non-hydrogen) atoms. The van der Waals surface area contributed by atoms with Crippen LogP contribution in [0.5, 0.6) is 0 Å². The number of hydrogen-bond donors (Lipinski definition) is 18. The van der Waals surface area contributed by atoms with E-state index in [1.54, 1.807) is 6.92 Å². The second-order valence-corrected chi connectivity index (χ2v) is 29.1. The van der Waals surface area contributed by atoms with Gasteiger partial charge in [-0.25, -0.2) is 14.2 Å². The van der Waals surface area contributed by atoms with Gasteiger partial charge in [-0.05, 0) is 38.0 Å². The van der Waals surface area contributed by atoms with Crippen LogP contribution in [0.1, 0.15) is 127 Å². The fourth-order valence-electron chi connectivity index (χ4n) is 12.6. The molecule has 0 bridgehead atoms. The van der Waals surface area contributed by atoms with Crippen molar-refractivity contribution in [2.75, 3.05) is 26.4 Å². The van der Waals surface area contributed by atoms with Crippen LogP contribution in [0.25, 0.3) is 0 Å². The molecule has 5 heterocycles. The Balaban J connectivity index is 1.43. The standard InChI is InChI=1S/C62H108N5O33P/c1-11-61(9,21-13-12-17-27(4)19-15-20-28(5)18-14-16-26(2)3)35(71)25-88-34(54(82)83)24-90-101(86,87)100-59-49(50(99-60(65)84)62(10,85)51(98-59)53(64)81)97-56-37(67-31(8)70)40(74)47(33(93-56)23-89-57-44(78)41(75)38(72)32(22-68)92-57)95-55-36(66-30(7)69)39(73)46(29(6)91-55)94-58-45(79)42(76)43(77)48(96-58)52(63)80/h11,26-29,32-51,55-59,68,71-79,85H,1,12-25H2,2-10H3,(H2,63,80)(H2,64,81)(H2,65,84)(H,66,69)(H,67,70)(H,82,83)(H,86,87)/t27?,28?,29-,32-,33-,34-,35?,36-,37-,38-,39-,40-,41+,42+,43-,44-,45-,46-,47-,48+,49-,50-,51-,55+,56+,57-,58-,59-,61?,62?/m1/s1. The number of ether oxygens (including phenoxy) is 11. The summed E-state index contributed by atoms with van der Waals surface area (Å²) in [7, 11) is -5.90. The molecule has 584 valence electrons. The number of aliphatic hydroxyl groups excluding tert-OH is 10. The molecule has 31 atom stereocenters. The molecule has 5 aliphatic heterocycles. The Bertz CT molecular complexity index is 2730. The number of carboxylic acids is 1. The SMILES string of the molecule is C=CC(C)(CCCCC(C)CCCC(C)CCCC(C)C)C(O)CO[C@H](COP(=O)(O)O[C@H]1O[C@H](C(N)=O)C(C)(O)[C@H](OC(N)=O)[C@H]1O[C@@H]1O[C@H](CO[C@@H]2O[C@H](CO)[C@@H](O)[C@H](O)[C@H]2O)[C@@H](O[C@@H]2O[C@H](C)[C@@H](O[C@@H]3O[C@H](C(N)=O)[C@H](O)[C@H](O)[C@H]3O)[C@H](O)[C@H]2NC(C)=O)[C@H](O)[C@H]1NC(C)=O)C(=O)O. The molecular formula is C62H108N5O33P. The normalized spacial score (nSPS) is 37.8. The van der Waals surface area contributed by atoms with E-state index in [2.05, 4.69) is 44.9 Å². The maximum atomic E-state index is 14.1. The van der Waals surface area contributed by atoms with E-state index < -0.39 is 240 Å². The highest BCUT2D eigenvalue weighted by Gasteiger charge is 2.62. The second kappa shape index (κ2) is 38.8. The highest BCUT2D eigenvalue weighted by molar-refractivity contribution is 7.47. The lowest BCUT2D eigenvalue weighted by atomic mass is 9.79. The minimum atomic E-state index is -5.90. The van der Waals surface area contributed by atoms with E-state index in [9.17, 15) is 99.5 Å². The third kappa shape index (κ3) is 23.8. The van der Waals surface area contributed by atoms with Crippen molar-refractivity contribution in [1.82, 2.24) is 10.6 Å². The molecular weight excluding hydrogens is 1370 g/mol. The Kier molecular flexibility index (Phi) is 33.5. The Morgan fingerprint density at radius 2 is 1.18 bits per heavy atom. The van der Waals surface area contributed by atoms with E-state index >= 15 is 0 Å². The van der Waals surface area contributed by atoms with Gasteiger partial charge < -0.3 is 146 Å². The Morgan fingerprint density at radius 3 is 1.71 bits per heavy atom. The molecule has 5 aliphatic rings. The van der Waals surface area contributed by atoms with Gasteiger partial charge in [-0.1, -0.05) is 98.5 Å². The third-order valence-electron chi connectivity index (χ3n) is 18.8. The lowest BCUT2D eigenvalue weighted by molar-refractivity contribution is -0.375. The molecule has 0 aromatic carbocycles. The lowest BCUT2D eigenvalue weighted by Gasteiger charge is -2.52. The number of phosphoric acid groups is 1. The van der Waals surface area contributed by atoms with Crippen molar-refractivity contribution in [3.63, 3.8) is 0 Å². The van der Waals surface area contributed by atoms with Crippen LogP contribution in [0.15, 0.2) is 12.7 Å². The second-order valence-electron chi connectivity index (χ2n) is 27.7. The first-order chi connectivity index (χ1) is 47.1. The summed E-state index contributed by atoms with van der Waals surface area (Å²) in [6, 6.07) is -3.93. The number of aliphatic carboxylic acids is 1. The first-order valence-electron chi connectivity index (χ1n) is 33.6. The van der Waals surface area contributed by atoms with Gasteiger partial charge in [-0.3, -0.25) is 28.2 Å². The number of phosphoric ester groups is 1. The van der Waals surface area contributed by atoms with Crippen LogP contribution in [0.2, 0.25) is 0 Å². The molecule has 0 spiro atoms. The monoisotopic (exact) mass is 1480 g/mol. The van der Waals surface area contributed by atoms with E-state index in [0.717, 1.165) is 52.9 Å².